The highest BCUT2D eigenvalue weighted by Crippen LogP contribution is 2.21. The van der Waals surface area contributed by atoms with E-state index in [1.165, 1.54) is 11.3 Å². The Kier molecular flexibility index (Phi) is 4.71. The van der Waals surface area contributed by atoms with Gasteiger partial charge in [-0.2, -0.15) is 5.10 Å². The van der Waals surface area contributed by atoms with Gasteiger partial charge in [-0.1, -0.05) is 0 Å². The average Bonchev–Trinajstić information content (AvgIpc) is 2.64. The average molecular weight is 323 g/mol. The minimum Gasteiger partial charge on any atom is -0.300 e. The molecule has 2 rings (SSSR count). The van der Waals surface area contributed by atoms with Gasteiger partial charge in [0.2, 0.25) is 0 Å². The number of hydrogen-bond donors (Lipinski definition) is 0. The van der Waals surface area contributed by atoms with Crippen LogP contribution in [0.5, 0.6) is 0 Å². The van der Waals surface area contributed by atoms with Crippen LogP contribution in [0.15, 0.2) is 29.0 Å². The molecule has 0 aliphatic rings. The van der Waals surface area contributed by atoms with Crippen LogP contribution in [0.25, 0.3) is 0 Å². The smallest absolute Gasteiger partial charge is 0.0739 e. The Hall–Kier alpha value is -1.20. The van der Waals surface area contributed by atoms with Crippen LogP contribution in [0.3, 0.4) is 0 Å². The van der Waals surface area contributed by atoms with Crippen LogP contribution in [-0.2, 0) is 20.0 Å². The minimum absolute atomic E-state index is 0.892. The van der Waals surface area contributed by atoms with Crippen molar-refractivity contribution in [1.82, 2.24) is 19.7 Å². The van der Waals surface area contributed by atoms with Gasteiger partial charge in [0.25, 0.3) is 0 Å². The van der Waals surface area contributed by atoms with Crippen molar-refractivity contribution >= 4 is 15.9 Å². The quantitative estimate of drug-likeness (QED) is 0.848. The highest BCUT2D eigenvalue weighted by atomic mass is 79.9. The monoisotopic (exact) mass is 322 g/mol. The molecular formula is C14H19BrN4. The molecule has 0 unspecified atom stereocenters. The second-order valence-electron chi connectivity index (χ2n) is 4.81. The summed E-state index contributed by atoms with van der Waals surface area (Å²) in [6, 6.07) is 4.13. The van der Waals surface area contributed by atoms with Crippen molar-refractivity contribution in [2.24, 2.45) is 7.05 Å². The molecule has 0 fully saturated rings. The molecule has 0 atom stereocenters. The molecule has 0 radical (unpaired) electrons. The second-order valence-corrected chi connectivity index (χ2v) is 5.61. The number of halogens is 1. The van der Waals surface area contributed by atoms with Crippen molar-refractivity contribution in [3.63, 3.8) is 0 Å². The third-order valence-electron chi connectivity index (χ3n) is 3.21. The number of rotatable bonds is 5. The molecule has 0 spiro atoms. The fourth-order valence-corrected chi connectivity index (χ4v) is 2.52. The number of aryl methyl sites for hydroxylation is 2. The SMILES string of the molecule is Cc1nn(C)c(CN(C)CCc2ccncc2)c1Br. The van der Waals surface area contributed by atoms with Crippen LogP contribution in [0.2, 0.25) is 0 Å². The number of nitrogens with zero attached hydrogens (tertiary/aromatic N) is 4. The van der Waals surface area contributed by atoms with Gasteiger partial charge >= 0.3 is 0 Å². The van der Waals surface area contributed by atoms with Crippen molar-refractivity contribution in [2.75, 3.05) is 13.6 Å². The van der Waals surface area contributed by atoms with Gasteiger partial charge < -0.3 is 4.90 Å². The summed E-state index contributed by atoms with van der Waals surface area (Å²) in [5.74, 6) is 0. The third-order valence-corrected chi connectivity index (χ3v) is 4.24. The predicted octanol–water partition coefficient (Wildman–Crippen LogP) is 2.56. The van der Waals surface area contributed by atoms with Gasteiger partial charge in [-0.3, -0.25) is 9.67 Å². The number of aromatic nitrogens is 3. The Bertz CT molecular complexity index is 536. The van der Waals surface area contributed by atoms with E-state index in [1.54, 1.807) is 0 Å². The molecule has 0 aromatic carbocycles. The molecule has 19 heavy (non-hydrogen) atoms. The van der Waals surface area contributed by atoms with Gasteiger partial charge in [0, 0.05) is 32.5 Å². The molecule has 0 aliphatic heterocycles. The Morgan fingerprint density at radius 2 is 2.00 bits per heavy atom. The first-order valence-corrected chi connectivity index (χ1v) is 7.12. The Labute approximate surface area is 122 Å². The normalized spacial score (nSPS) is 11.2. The van der Waals surface area contributed by atoms with Crippen LogP contribution >= 0.6 is 15.9 Å². The van der Waals surface area contributed by atoms with E-state index in [0.717, 1.165) is 29.7 Å². The third kappa shape index (κ3) is 3.64. The summed E-state index contributed by atoms with van der Waals surface area (Å²) in [6.45, 7) is 3.92. The van der Waals surface area contributed by atoms with E-state index in [-0.39, 0.29) is 0 Å². The highest BCUT2D eigenvalue weighted by molar-refractivity contribution is 9.10. The molecule has 2 aromatic rings. The van der Waals surface area contributed by atoms with Gasteiger partial charge in [0.15, 0.2) is 0 Å². The fourth-order valence-electron chi connectivity index (χ4n) is 2.06. The standard InChI is InChI=1S/C14H19BrN4/c1-11-14(15)13(19(3)17-11)10-18(2)9-6-12-4-7-16-8-5-12/h4-5,7-8H,6,9-10H2,1-3H3. The summed E-state index contributed by atoms with van der Waals surface area (Å²) in [5, 5.41) is 4.42. The number of hydrogen-bond acceptors (Lipinski definition) is 3. The second kappa shape index (κ2) is 6.30. The zero-order valence-corrected chi connectivity index (χ0v) is 13.2. The topological polar surface area (TPSA) is 34.0 Å². The molecule has 0 N–H and O–H groups in total. The summed E-state index contributed by atoms with van der Waals surface area (Å²) in [5.41, 5.74) is 3.58. The molecule has 0 bridgehead atoms. The lowest BCUT2D eigenvalue weighted by molar-refractivity contribution is 0.320. The number of pyridine rings is 1. The van der Waals surface area contributed by atoms with E-state index in [2.05, 4.69) is 50.1 Å². The molecule has 0 saturated heterocycles. The lowest BCUT2D eigenvalue weighted by Gasteiger charge is -2.17. The largest absolute Gasteiger partial charge is 0.300 e. The molecule has 0 amide bonds. The first-order chi connectivity index (χ1) is 9.08. The maximum absolute atomic E-state index is 4.42. The number of likely N-dealkylation sites (N-methyl/N-ethyl adjacent to an activating group) is 1. The van der Waals surface area contributed by atoms with Crippen LogP contribution < -0.4 is 0 Å². The molecule has 0 aliphatic carbocycles. The molecule has 102 valence electrons. The Balaban J connectivity index is 1.92. The van der Waals surface area contributed by atoms with E-state index >= 15 is 0 Å². The highest BCUT2D eigenvalue weighted by Gasteiger charge is 2.12. The fraction of sp³-hybridized carbons (Fsp3) is 0.429. The molecule has 2 heterocycles. The van der Waals surface area contributed by atoms with E-state index < -0.39 is 0 Å². The zero-order chi connectivity index (χ0) is 13.8. The molecule has 2 aromatic heterocycles. The van der Waals surface area contributed by atoms with Crippen LogP contribution in [0, 0.1) is 6.92 Å². The van der Waals surface area contributed by atoms with Gasteiger partial charge in [0.1, 0.15) is 0 Å². The maximum Gasteiger partial charge on any atom is 0.0739 e. The van der Waals surface area contributed by atoms with Crippen molar-refractivity contribution in [3.8, 4) is 0 Å². The first-order valence-electron chi connectivity index (χ1n) is 6.33. The van der Waals surface area contributed by atoms with Crippen molar-refractivity contribution < 1.29 is 0 Å². The zero-order valence-electron chi connectivity index (χ0n) is 11.6. The van der Waals surface area contributed by atoms with Crippen molar-refractivity contribution in [1.29, 1.82) is 0 Å². The molecule has 0 saturated carbocycles. The summed E-state index contributed by atoms with van der Waals surface area (Å²) in [6.07, 6.45) is 4.72. The first kappa shape index (κ1) is 14.2. The Morgan fingerprint density at radius 3 is 2.58 bits per heavy atom. The minimum atomic E-state index is 0.892. The van der Waals surface area contributed by atoms with Gasteiger partial charge in [-0.05, 0) is 54.0 Å². The van der Waals surface area contributed by atoms with Gasteiger partial charge in [0.05, 0.1) is 15.9 Å². The van der Waals surface area contributed by atoms with Crippen molar-refractivity contribution in [3.05, 3.63) is 46.0 Å². The van der Waals surface area contributed by atoms with Gasteiger partial charge in [-0.25, -0.2) is 0 Å². The maximum atomic E-state index is 4.42. The Morgan fingerprint density at radius 1 is 1.32 bits per heavy atom. The lowest BCUT2D eigenvalue weighted by atomic mass is 10.2. The molecule has 5 heteroatoms. The molecular weight excluding hydrogens is 304 g/mol. The summed E-state index contributed by atoms with van der Waals surface area (Å²) < 4.78 is 3.06. The molecule has 4 nitrogen and oxygen atoms in total. The van der Waals surface area contributed by atoms with Crippen LogP contribution in [0.4, 0.5) is 0 Å². The summed E-state index contributed by atoms with van der Waals surface area (Å²) in [4.78, 5) is 6.34. The van der Waals surface area contributed by atoms with Crippen molar-refractivity contribution in [2.45, 2.75) is 19.9 Å². The van der Waals surface area contributed by atoms with Gasteiger partial charge in [-0.15, -0.1) is 0 Å². The van der Waals surface area contributed by atoms with E-state index in [1.807, 2.05) is 31.0 Å². The van der Waals surface area contributed by atoms with E-state index in [0.29, 0.717) is 0 Å². The summed E-state index contributed by atoms with van der Waals surface area (Å²) in [7, 11) is 4.12. The van der Waals surface area contributed by atoms with E-state index in [4.69, 9.17) is 0 Å². The predicted molar refractivity (Wildman–Crippen MR) is 79.9 cm³/mol. The van der Waals surface area contributed by atoms with E-state index in [9.17, 15) is 0 Å². The lowest BCUT2D eigenvalue weighted by Crippen LogP contribution is -2.22. The van der Waals surface area contributed by atoms with Crippen LogP contribution in [0.1, 0.15) is 17.0 Å². The van der Waals surface area contributed by atoms with Crippen LogP contribution in [-0.4, -0.2) is 33.3 Å². The summed E-state index contributed by atoms with van der Waals surface area (Å²) >= 11 is 3.61.